The van der Waals surface area contributed by atoms with Crippen molar-refractivity contribution in [2.75, 3.05) is 18.4 Å². The third-order valence-corrected chi connectivity index (χ3v) is 3.26. The van der Waals surface area contributed by atoms with Crippen molar-refractivity contribution in [2.45, 2.75) is 26.4 Å². The molecule has 0 bridgehead atoms. The number of nitrogens with one attached hydrogen (secondary N) is 2. The molecule has 1 aromatic rings. The van der Waals surface area contributed by atoms with Gasteiger partial charge in [-0.15, -0.1) is 0 Å². The van der Waals surface area contributed by atoms with Crippen LogP contribution in [0.5, 0.6) is 0 Å². The molecule has 0 saturated carbocycles. The molecular formula is C14H21BrN2O2. The number of aliphatic hydroxyl groups is 1. The van der Waals surface area contributed by atoms with Gasteiger partial charge < -0.3 is 15.7 Å². The first kappa shape index (κ1) is 16.0. The number of amides is 1. The van der Waals surface area contributed by atoms with Crippen LogP contribution in [0.4, 0.5) is 5.69 Å². The molecule has 19 heavy (non-hydrogen) atoms. The highest BCUT2D eigenvalue weighted by Gasteiger charge is 2.13. The summed E-state index contributed by atoms with van der Waals surface area (Å²) in [6.45, 7) is 4.98. The first-order valence-electron chi connectivity index (χ1n) is 6.43. The Bertz CT molecular complexity index is 410. The van der Waals surface area contributed by atoms with Crippen LogP contribution in [0.15, 0.2) is 28.7 Å². The van der Waals surface area contributed by atoms with Gasteiger partial charge in [0.25, 0.3) is 0 Å². The van der Waals surface area contributed by atoms with Gasteiger partial charge in [0.05, 0.1) is 12.5 Å². The third kappa shape index (κ3) is 6.59. The molecule has 0 fully saturated rings. The molecule has 0 radical (unpaired) electrons. The topological polar surface area (TPSA) is 61.4 Å². The van der Waals surface area contributed by atoms with E-state index in [0.29, 0.717) is 13.1 Å². The van der Waals surface area contributed by atoms with E-state index >= 15 is 0 Å². The van der Waals surface area contributed by atoms with Crippen molar-refractivity contribution < 1.29 is 9.90 Å². The highest BCUT2D eigenvalue weighted by molar-refractivity contribution is 9.10. The summed E-state index contributed by atoms with van der Waals surface area (Å²) in [7, 11) is 0. The van der Waals surface area contributed by atoms with Gasteiger partial charge in [0.2, 0.25) is 5.91 Å². The molecule has 0 aromatic heterocycles. The third-order valence-electron chi connectivity index (χ3n) is 2.76. The maximum Gasteiger partial charge on any atom is 0.222 e. The summed E-state index contributed by atoms with van der Waals surface area (Å²) in [6, 6.07) is 7.85. The Hall–Kier alpha value is -1.07. The summed E-state index contributed by atoms with van der Waals surface area (Å²) in [6.07, 6.45) is -0.410. The standard InChI is InChI=1S/C14H21BrN2O2/c1-10(2)13(18)9-14(19)17-7-6-16-12-5-3-4-11(15)8-12/h3-5,8,10,13,16,18H,6-7,9H2,1-2H3,(H,17,19). The van der Waals surface area contributed by atoms with Gasteiger partial charge in [-0.25, -0.2) is 0 Å². The second-order valence-electron chi connectivity index (χ2n) is 4.80. The molecule has 3 N–H and O–H groups in total. The van der Waals surface area contributed by atoms with E-state index in [9.17, 15) is 9.90 Å². The van der Waals surface area contributed by atoms with Crippen molar-refractivity contribution in [2.24, 2.45) is 5.92 Å². The molecule has 1 amide bonds. The number of hydrogen-bond acceptors (Lipinski definition) is 3. The number of carbonyl (C=O) groups is 1. The summed E-state index contributed by atoms with van der Waals surface area (Å²) in [5.74, 6) is -0.0113. The molecule has 106 valence electrons. The zero-order chi connectivity index (χ0) is 14.3. The largest absolute Gasteiger partial charge is 0.392 e. The van der Waals surface area contributed by atoms with Crippen LogP contribution < -0.4 is 10.6 Å². The lowest BCUT2D eigenvalue weighted by atomic mass is 10.0. The Balaban J connectivity index is 2.19. The first-order valence-corrected chi connectivity index (χ1v) is 7.22. The van der Waals surface area contributed by atoms with Crippen molar-refractivity contribution in [1.29, 1.82) is 0 Å². The fraction of sp³-hybridized carbons (Fsp3) is 0.500. The number of halogens is 1. The van der Waals surface area contributed by atoms with Gasteiger partial charge in [-0.2, -0.15) is 0 Å². The molecular weight excluding hydrogens is 308 g/mol. The SMILES string of the molecule is CC(C)C(O)CC(=O)NCCNc1cccc(Br)c1. The van der Waals surface area contributed by atoms with Crippen molar-refractivity contribution in [3.05, 3.63) is 28.7 Å². The maximum absolute atomic E-state index is 11.5. The summed E-state index contributed by atoms with van der Waals surface area (Å²) < 4.78 is 1.02. The molecule has 0 heterocycles. The quantitative estimate of drug-likeness (QED) is 0.673. The van der Waals surface area contributed by atoms with E-state index in [-0.39, 0.29) is 18.2 Å². The number of aliphatic hydroxyl groups excluding tert-OH is 1. The molecule has 1 unspecified atom stereocenters. The summed E-state index contributed by atoms with van der Waals surface area (Å²) in [4.78, 5) is 11.5. The minimum absolute atomic E-state index is 0.102. The van der Waals surface area contributed by atoms with E-state index in [1.54, 1.807) is 0 Å². The zero-order valence-electron chi connectivity index (χ0n) is 11.3. The lowest BCUT2D eigenvalue weighted by molar-refractivity contribution is -0.123. The normalized spacial score (nSPS) is 12.3. The number of rotatable bonds is 7. The van der Waals surface area contributed by atoms with Crippen LogP contribution in [0.25, 0.3) is 0 Å². The maximum atomic E-state index is 11.5. The molecule has 1 atom stereocenters. The summed E-state index contributed by atoms with van der Waals surface area (Å²) in [5.41, 5.74) is 1.01. The smallest absolute Gasteiger partial charge is 0.222 e. The van der Waals surface area contributed by atoms with Crippen molar-refractivity contribution in [1.82, 2.24) is 5.32 Å². The molecule has 0 aliphatic rings. The Morgan fingerprint density at radius 1 is 1.37 bits per heavy atom. The van der Waals surface area contributed by atoms with Gasteiger partial charge in [-0.1, -0.05) is 35.8 Å². The van der Waals surface area contributed by atoms with Gasteiger partial charge in [0.15, 0.2) is 0 Å². The van der Waals surface area contributed by atoms with Crippen LogP contribution in [-0.2, 0) is 4.79 Å². The molecule has 0 spiro atoms. The molecule has 1 rings (SSSR count). The van der Waals surface area contributed by atoms with Gasteiger partial charge in [0, 0.05) is 23.2 Å². The fourth-order valence-electron chi connectivity index (χ4n) is 1.51. The van der Waals surface area contributed by atoms with Crippen LogP contribution >= 0.6 is 15.9 Å². The Morgan fingerprint density at radius 3 is 2.74 bits per heavy atom. The predicted octanol–water partition coefficient (Wildman–Crippen LogP) is 2.38. The molecule has 0 saturated heterocycles. The fourth-order valence-corrected chi connectivity index (χ4v) is 1.90. The Morgan fingerprint density at radius 2 is 2.11 bits per heavy atom. The van der Waals surface area contributed by atoms with Gasteiger partial charge in [0.1, 0.15) is 0 Å². The second kappa shape index (κ2) is 8.17. The van der Waals surface area contributed by atoms with Crippen LogP contribution in [0.2, 0.25) is 0 Å². The van der Waals surface area contributed by atoms with Gasteiger partial charge >= 0.3 is 0 Å². The van der Waals surface area contributed by atoms with Gasteiger partial charge in [-0.05, 0) is 24.1 Å². The minimum atomic E-state index is -0.571. The van der Waals surface area contributed by atoms with E-state index in [0.717, 1.165) is 10.2 Å². The average molecular weight is 329 g/mol. The monoisotopic (exact) mass is 328 g/mol. The van der Waals surface area contributed by atoms with Crippen molar-refractivity contribution in [3.63, 3.8) is 0 Å². The molecule has 5 heteroatoms. The molecule has 4 nitrogen and oxygen atoms in total. The van der Waals surface area contributed by atoms with E-state index in [4.69, 9.17) is 0 Å². The number of anilines is 1. The molecule has 1 aromatic carbocycles. The first-order chi connectivity index (χ1) is 8.99. The molecule has 0 aliphatic heterocycles. The van der Waals surface area contributed by atoms with Crippen LogP contribution in [0.3, 0.4) is 0 Å². The summed E-state index contributed by atoms with van der Waals surface area (Å²) >= 11 is 3.40. The average Bonchev–Trinajstić information content (AvgIpc) is 2.34. The number of benzene rings is 1. The lowest BCUT2D eigenvalue weighted by Crippen LogP contribution is -2.32. The highest BCUT2D eigenvalue weighted by Crippen LogP contribution is 2.15. The van der Waals surface area contributed by atoms with Gasteiger partial charge in [-0.3, -0.25) is 4.79 Å². The van der Waals surface area contributed by atoms with Crippen molar-refractivity contribution >= 4 is 27.5 Å². The van der Waals surface area contributed by atoms with Crippen molar-refractivity contribution in [3.8, 4) is 0 Å². The Labute approximate surface area is 122 Å². The van der Waals surface area contributed by atoms with E-state index < -0.39 is 6.10 Å². The predicted molar refractivity (Wildman–Crippen MR) is 81.1 cm³/mol. The van der Waals surface area contributed by atoms with E-state index in [2.05, 4.69) is 26.6 Å². The number of hydrogen-bond donors (Lipinski definition) is 3. The number of carbonyl (C=O) groups excluding carboxylic acids is 1. The van der Waals surface area contributed by atoms with E-state index in [1.165, 1.54) is 0 Å². The lowest BCUT2D eigenvalue weighted by Gasteiger charge is -2.14. The van der Waals surface area contributed by atoms with Crippen LogP contribution in [-0.4, -0.2) is 30.2 Å². The highest BCUT2D eigenvalue weighted by atomic mass is 79.9. The minimum Gasteiger partial charge on any atom is -0.392 e. The second-order valence-corrected chi connectivity index (χ2v) is 5.72. The summed E-state index contributed by atoms with van der Waals surface area (Å²) in [5, 5.41) is 15.6. The zero-order valence-corrected chi connectivity index (χ0v) is 12.9. The van der Waals surface area contributed by atoms with Crippen LogP contribution in [0.1, 0.15) is 20.3 Å². The van der Waals surface area contributed by atoms with E-state index in [1.807, 2.05) is 38.1 Å². The van der Waals surface area contributed by atoms with Crippen LogP contribution in [0, 0.1) is 5.92 Å². The molecule has 0 aliphatic carbocycles. The Kier molecular flexibility index (Phi) is 6.87.